The number of imidazole rings is 1. The Morgan fingerprint density at radius 1 is 0.969 bits per heavy atom. The van der Waals surface area contributed by atoms with Gasteiger partial charge in [0.1, 0.15) is 17.2 Å². The Balaban J connectivity index is 1.79. The molecule has 0 aliphatic heterocycles. The summed E-state index contributed by atoms with van der Waals surface area (Å²) in [6.45, 7) is 6.68. The van der Waals surface area contributed by atoms with E-state index >= 15 is 0 Å². The molecule has 1 amide bonds. The van der Waals surface area contributed by atoms with Crippen LogP contribution in [0.15, 0.2) is 78.9 Å². The second kappa shape index (κ2) is 9.41. The maximum atomic E-state index is 13.6. The fourth-order valence-corrected chi connectivity index (χ4v) is 3.94. The molecule has 0 aliphatic carbocycles. The number of carbonyl (C=O) groups excluding carboxylic acids is 1. The van der Waals surface area contributed by atoms with E-state index in [1.165, 1.54) is 0 Å². The smallest absolute Gasteiger partial charge is 0.270 e. The molecule has 0 fully saturated rings. The Hall–Kier alpha value is -3.37. The number of nitrogens with zero attached hydrogens (tertiary/aromatic N) is 2. The molecule has 162 valence electrons. The second-order valence-electron chi connectivity index (χ2n) is 7.86. The molecular formula is C27H26ClN3O. The maximum Gasteiger partial charge on any atom is 0.270 e. The van der Waals surface area contributed by atoms with Gasteiger partial charge in [0.25, 0.3) is 5.91 Å². The Bertz CT molecular complexity index is 1210. The predicted octanol–water partition coefficient (Wildman–Crippen LogP) is 6.69. The average Bonchev–Trinajstić information content (AvgIpc) is 3.20. The molecule has 1 atom stereocenters. The Morgan fingerprint density at radius 3 is 2.25 bits per heavy atom. The highest BCUT2D eigenvalue weighted by atomic mass is 35.5. The van der Waals surface area contributed by atoms with Crippen molar-refractivity contribution in [1.29, 1.82) is 0 Å². The van der Waals surface area contributed by atoms with E-state index < -0.39 is 0 Å². The predicted molar refractivity (Wildman–Crippen MR) is 131 cm³/mol. The summed E-state index contributed by atoms with van der Waals surface area (Å²) in [6.07, 6.45) is 0. The van der Waals surface area contributed by atoms with Gasteiger partial charge in [-0.15, -0.1) is 0 Å². The van der Waals surface area contributed by atoms with E-state index in [-0.39, 0.29) is 11.9 Å². The van der Waals surface area contributed by atoms with Crippen LogP contribution in [0, 0.1) is 6.92 Å². The van der Waals surface area contributed by atoms with E-state index in [1.807, 2.05) is 104 Å². The Kier molecular flexibility index (Phi) is 6.42. The minimum atomic E-state index is -0.175. The lowest BCUT2D eigenvalue weighted by Gasteiger charge is -2.16. The quantitative estimate of drug-likeness (QED) is 0.361. The third-order valence-electron chi connectivity index (χ3n) is 5.57. The highest BCUT2D eigenvalue weighted by Gasteiger charge is 2.25. The van der Waals surface area contributed by atoms with Crippen LogP contribution < -0.4 is 5.32 Å². The molecule has 0 saturated carbocycles. The van der Waals surface area contributed by atoms with Crippen molar-refractivity contribution in [3.8, 4) is 22.6 Å². The van der Waals surface area contributed by atoms with E-state index in [9.17, 15) is 4.79 Å². The molecule has 1 unspecified atom stereocenters. The number of halogens is 1. The minimum absolute atomic E-state index is 0.153. The number of aromatic nitrogens is 2. The van der Waals surface area contributed by atoms with Crippen molar-refractivity contribution in [3.05, 3.63) is 101 Å². The molecule has 1 N–H and O–H groups in total. The van der Waals surface area contributed by atoms with Crippen LogP contribution in [0.3, 0.4) is 0 Å². The summed E-state index contributed by atoms with van der Waals surface area (Å²) in [6, 6.07) is 25.5. The van der Waals surface area contributed by atoms with Gasteiger partial charge in [-0.1, -0.05) is 83.9 Å². The van der Waals surface area contributed by atoms with E-state index in [0.29, 0.717) is 23.0 Å². The van der Waals surface area contributed by atoms with E-state index in [4.69, 9.17) is 16.6 Å². The Morgan fingerprint density at radius 2 is 1.62 bits per heavy atom. The fraction of sp³-hybridized carbons (Fsp3) is 0.185. The van der Waals surface area contributed by atoms with Crippen LogP contribution in [-0.2, 0) is 6.54 Å². The molecule has 32 heavy (non-hydrogen) atoms. The van der Waals surface area contributed by atoms with Crippen molar-refractivity contribution < 1.29 is 4.79 Å². The molecule has 5 heteroatoms. The molecular weight excluding hydrogens is 418 g/mol. The van der Waals surface area contributed by atoms with Gasteiger partial charge >= 0.3 is 0 Å². The second-order valence-corrected chi connectivity index (χ2v) is 8.29. The van der Waals surface area contributed by atoms with Gasteiger partial charge in [-0.2, -0.15) is 0 Å². The maximum absolute atomic E-state index is 13.6. The summed E-state index contributed by atoms with van der Waals surface area (Å²) >= 11 is 6.02. The summed E-state index contributed by atoms with van der Waals surface area (Å²) < 4.78 is 1.99. The van der Waals surface area contributed by atoms with Crippen LogP contribution >= 0.6 is 11.6 Å². The van der Waals surface area contributed by atoms with E-state index in [1.54, 1.807) is 0 Å². The molecule has 3 aromatic carbocycles. The number of carbonyl (C=O) groups is 1. The monoisotopic (exact) mass is 443 g/mol. The van der Waals surface area contributed by atoms with Gasteiger partial charge in [0.05, 0.1) is 6.04 Å². The zero-order valence-corrected chi connectivity index (χ0v) is 19.2. The lowest BCUT2D eigenvalue weighted by molar-refractivity contribution is 0.0931. The fourth-order valence-electron chi connectivity index (χ4n) is 3.81. The standard InChI is InChI=1S/C27H26ClN3O/c1-4-31-25(27(32)29-19(3)20-14-16-23(28)17-15-20)24(21-12-10-18(2)11-13-21)30-26(31)22-8-6-5-7-9-22/h5-17,19H,4H2,1-3H3,(H,29,32). The zero-order chi connectivity index (χ0) is 22.7. The zero-order valence-electron chi connectivity index (χ0n) is 18.5. The summed E-state index contributed by atoms with van der Waals surface area (Å²) in [5, 5.41) is 3.82. The van der Waals surface area contributed by atoms with Gasteiger partial charge in [-0.25, -0.2) is 4.98 Å². The summed E-state index contributed by atoms with van der Waals surface area (Å²) in [5.74, 6) is 0.632. The topological polar surface area (TPSA) is 46.9 Å². The number of aryl methyl sites for hydroxylation is 1. The summed E-state index contributed by atoms with van der Waals surface area (Å²) in [7, 11) is 0. The lowest BCUT2D eigenvalue weighted by Crippen LogP contribution is -2.29. The molecule has 0 aliphatic rings. The molecule has 4 aromatic rings. The molecule has 1 heterocycles. The molecule has 0 radical (unpaired) electrons. The van der Waals surface area contributed by atoms with Crippen molar-refractivity contribution in [3.63, 3.8) is 0 Å². The first-order valence-electron chi connectivity index (χ1n) is 10.8. The highest BCUT2D eigenvalue weighted by Crippen LogP contribution is 2.30. The third-order valence-corrected chi connectivity index (χ3v) is 5.83. The van der Waals surface area contributed by atoms with Crippen LogP contribution in [0.5, 0.6) is 0 Å². The molecule has 0 spiro atoms. The number of hydrogen-bond acceptors (Lipinski definition) is 2. The van der Waals surface area contributed by atoms with Crippen molar-refractivity contribution in [1.82, 2.24) is 14.9 Å². The van der Waals surface area contributed by atoms with Gasteiger partial charge < -0.3 is 9.88 Å². The number of benzene rings is 3. The van der Waals surface area contributed by atoms with Gasteiger partial charge in [0.2, 0.25) is 0 Å². The van der Waals surface area contributed by atoms with Crippen molar-refractivity contribution in [2.45, 2.75) is 33.4 Å². The van der Waals surface area contributed by atoms with Gasteiger partial charge in [-0.05, 0) is 38.5 Å². The van der Waals surface area contributed by atoms with Crippen LogP contribution in [0.2, 0.25) is 5.02 Å². The van der Waals surface area contributed by atoms with E-state index in [0.717, 1.165) is 28.1 Å². The molecule has 1 aromatic heterocycles. The molecule has 4 rings (SSSR count). The van der Waals surface area contributed by atoms with Crippen LogP contribution in [0.4, 0.5) is 0 Å². The van der Waals surface area contributed by atoms with Crippen molar-refractivity contribution in [2.24, 2.45) is 0 Å². The van der Waals surface area contributed by atoms with Gasteiger partial charge in [0.15, 0.2) is 0 Å². The lowest BCUT2D eigenvalue weighted by atomic mass is 10.1. The Labute approximate surface area is 193 Å². The number of hydrogen-bond donors (Lipinski definition) is 1. The average molecular weight is 444 g/mol. The number of rotatable bonds is 6. The number of nitrogens with one attached hydrogen (secondary N) is 1. The first kappa shape index (κ1) is 21.8. The first-order valence-corrected chi connectivity index (χ1v) is 11.1. The largest absolute Gasteiger partial charge is 0.344 e. The van der Waals surface area contributed by atoms with Crippen LogP contribution in [0.25, 0.3) is 22.6 Å². The van der Waals surface area contributed by atoms with Crippen LogP contribution in [0.1, 0.15) is 41.5 Å². The normalized spacial score (nSPS) is 11.9. The molecule has 4 nitrogen and oxygen atoms in total. The summed E-state index contributed by atoms with van der Waals surface area (Å²) in [5.41, 5.74) is 5.30. The summed E-state index contributed by atoms with van der Waals surface area (Å²) in [4.78, 5) is 18.5. The molecule has 0 saturated heterocycles. The SMILES string of the molecule is CCn1c(-c2ccccc2)nc(-c2ccc(C)cc2)c1C(=O)NC(C)c1ccc(Cl)cc1. The van der Waals surface area contributed by atoms with Gasteiger partial charge in [-0.3, -0.25) is 4.79 Å². The minimum Gasteiger partial charge on any atom is -0.344 e. The first-order chi connectivity index (χ1) is 15.5. The number of amides is 1. The van der Waals surface area contributed by atoms with Crippen molar-refractivity contribution >= 4 is 17.5 Å². The van der Waals surface area contributed by atoms with Crippen molar-refractivity contribution in [2.75, 3.05) is 0 Å². The molecule has 0 bridgehead atoms. The van der Waals surface area contributed by atoms with Crippen LogP contribution in [-0.4, -0.2) is 15.5 Å². The van der Waals surface area contributed by atoms with E-state index in [2.05, 4.69) is 5.32 Å². The highest BCUT2D eigenvalue weighted by molar-refractivity contribution is 6.30. The van der Waals surface area contributed by atoms with Gasteiger partial charge in [0, 0.05) is 22.7 Å². The third kappa shape index (κ3) is 4.46.